The third-order valence-corrected chi connectivity index (χ3v) is 6.93. The summed E-state index contributed by atoms with van der Waals surface area (Å²) in [6, 6.07) is -0.184. The summed E-state index contributed by atoms with van der Waals surface area (Å²) in [6.07, 6.45) is 3.50. The number of thiazole rings is 1. The molecule has 0 spiro atoms. The van der Waals surface area contributed by atoms with Crippen molar-refractivity contribution in [1.82, 2.24) is 10.3 Å². The summed E-state index contributed by atoms with van der Waals surface area (Å²) >= 11 is 1.54. The third kappa shape index (κ3) is 4.51. The lowest BCUT2D eigenvalue weighted by Gasteiger charge is -2.13. The van der Waals surface area contributed by atoms with E-state index in [4.69, 9.17) is 0 Å². The number of nitrogens with one attached hydrogen (secondary N) is 1. The van der Waals surface area contributed by atoms with Crippen LogP contribution in [0, 0.1) is 6.92 Å². The molecule has 1 N–H and O–H groups in total. The summed E-state index contributed by atoms with van der Waals surface area (Å²) in [5.74, 6) is -0.276. The number of aryl methyl sites for hydroxylation is 1. The van der Waals surface area contributed by atoms with Crippen molar-refractivity contribution in [2.45, 2.75) is 57.2 Å². The molecule has 0 radical (unpaired) electrons. The van der Waals surface area contributed by atoms with Gasteiger partial charge < -0.3 is 5.32 Å². The zero-order valence-corrected chi connectivity index (χ0v) is 14.1. The van der Waals surface area contributed by atoms with Gasteiger partial charge in [-0.3, -0.25) is 4.79 Å². The van der Waals surface area contributed by atoms with Crippen LogP contribution in [0.5, 0.6) is 0 Å². The first-order valence-corrected chi connectivity index (χ1v) is 9.91. The van der Waals surface area contributed by atoms with Crippen LogP contribution in [0.4, 0.5) is 0 Å². The molecule has 0 bridgehead atoms. The van der Waals surface area contributed by atoms with Crippen LogP contribution in [0.3, 0.4) is 0 Å². The monoisotopic (exact) mass is 330 g/mol. The predicted molar refractivity (Wildman–Crippen MR) is 84.1 cm³/mol. The number of carbonyl (C=O) groups is 1. The SMILES string of the molecule is Cc1nc([C@@H](C)NC(=O)CCS(=O)(=O)C2CCCC2)cs1. The molecule has 118 valence electrons. The highest BCUT2D eigenvalue weighted by Crippen LogP contribution is 2.25. The van der Waals surface area contributed by atoms with E-state index in [1.54, 1.807) is 0 Å². The highest BCUT2D eigenvalue weighted by molar-refractivity contribution is 7.92. The molecule has 1 aliphatic carbocycles. The molecule has 0 aliphatic heterocycles. The van der Waals surface area contributed by atoms with E-state index >= 15 is 0 Å². The maximum Gasteiger partial charge on any atom is 0.221 e. The maximum absolute atomic E-state index is 12.1. The van der Waals surface area contributed by atoms with Gasteiger partial charge in [0.2, 0.25) is 5.91 Å². The number of hydrogen-bond donors (Lipinski definition) is 1. The van der Waals surface area contributed by atoms with E-state index in [2.05, 4.69) is 10.3 Å². The van der Waals surface area contributed by atoms with Crippen molar-refractivity contribution in [3.05, 3.63) is 16.1 Å². The lowest BCUT2D eigenvalue weighted by atomic mass is 10.2. The highest BCUT2D eigenvalue weighted by Gasteiger charge is 2.29. The molecule has 21 heavy (non-hydrogen) atoms. The summed E-state index contributed by atoms with van der Waals surface area (Å²) in [7, 11) is -3.13. The Labute approximate surface area is 130 Å². The molecule has 5 nitrogen and oxygen atoms in total. The average molecular weight is 330 g/mol. The molecule has 2 rings (SSSR count). The third-order valence-electron chi connectivity index (χ3n) is 3.88. The zero-order chi connectivity index (χ0) is 15.5. The van der Waals surface area contributed by atoms with Gasteiger partial charge in [0.05, 0.1) is 27.7 Å². The van der Waals surface area contributed by atoms with Crippen LogP contribution in [0.15, 0.2) is 5.38 Å². The fourth-order valence-corrected chi connectivity index (χ4v) is 5.18. The second kappa shape index (κ2) is 6.87. The molecule has 1 heterocycles. The smallest absolute Gasteiger partial charge is 0.221 e. The second-order valence-corrected chi connectivity index (χ2v) is 9.07. The van der Waals surface area contributed by atoms with Crippen molar-refractivity contribution >= 4 is 27.1 Å². The van der Waals surface area contributed by atoms with Gasteiger partial charge in [-0.2, -0.15) is 0 Å². The van der Waals surface area contributed by atoms with E-state index < -0.39 is 9.84 Å². The molecular weight excluding hydrogens is 308 g/mol. The molecule has 0 unspecified atom stereocenters. The largest absolute Gasteiger partial charge is 0.348 e. The van der Waals surface area contributed by atoms with Gasteiger partial charge in [-0.05, 0) is 26.7 Å². The van der Waals surface area contributed by atoms with Crippen molar-refractivity contribution in [3.8, 4) is 0 Å². The van der Waals surface area contributed by atoms with Gasteiger partial charge in [0.1, 0.15) is 0 Å². The highest BCUT2D eigenvalue weighted by atomic mass is 32.2. The number of carbonyl (C=O) groups excluding carboxylic acids is 1. The van der Waals surface area contributed by atoms with Crippen molar-refractivity contribution in [1.29, 1.82) is 0 Å². The Bertz CT molecular complexity index is 589. The number of sulfone groups is 1. The summed E-state index contributed by atoms with van der Waals surface area (Å²) in [6.45, 7) is 3.77. The van der Waals surface area contributed by atoms with Crippen LogP contribution >= 0.6 is 11.3 Å². The predicted octanol–water partition coefficient (Wildman–Crippen LogP) is 2.38. The molecule has 1 amide bonds. The van der Waals surface area contributed by atoms with E-state index in [1.807, 2.05) is 19.2 Å². The summed E-state index contributed by atoms with van der Waals surface area (Å²) in [4.78, 5) is 16.2. The lowest BCUT2D eigenvalue weighted by Crippen LogP contribution is -2.30. The molecule has 0 aromatic carbocycles. The molecule has 0 saturated heterocycles. The first-order valence-electron chi connectivity index (χ1n) is 7.31. The summed E-state index contributed by atoms with van der Waals surface area (Å²) in [5.41, 5.74) is 0.824. The van der Waals surface area contributed by atoms with Crippen LogP contribution in [0.2, 0.25) is 0 Å². The Morgan fingerprint density at radius 2 is 2.14 bits per heavy atom. The second-order valence-electron chi connectivity index (χ2n) is 5.60. The van der Waals surface area contributed by atoms with E-state index in [0.717, 1.165) is 36.4 Å². The number of amides is 1. The molecule has 1 aliphatic rings. The minimum absolute atomic E-state index is 0.0340. The average Bonchev–Trinajstić information content (AvgIpc) is 3.07. The Balaban J connectivity index is 1.82. The van der Waals surface area contributed by atoms with Crippen LogP contribution < -0.4 is 5.32 Å². The quantitative estimate of drug-likeness (QED) is 0.869. The van der Waals surface area contributed by atoms with E-state index in [-0.39, 0.29) is 29.4 Å². The van der Waals surface area contributed by atoms with Gasteiger partial charge in [0.15, 0.2) is 9.84 Å². The Kier molecular flexibility index (Phi) is 5.37. The van der Waals surface area contributed by atoms with E-state index in [1.165, 1.54) is 11.3 Å². The molecule has 1 fully saturated rings. The summed E-state index contributed by atoms with van der Waals surface area (Å²) < 4.78 is 24.2. The van der Waals surface area contributed by atoms with Gasteiger partial charge in [-0.1, -0.05) is 12.8 Å². The molecule has 1 atom stereocenters. The maximum atomic E-state index is 12.1. The van der Waals surface area contributed by atoms with Gasteiger partial charge in [0, 0.05) is 11.8 Å². The van der Waals surface area contributed by atoms with Crippen LogP contribution in [0.1, 0.15) is 55.8 Å². The minimum Gasteiger partial charge on any atom is -0.348 e. The Morgan fingerprint density at radius 1 is 1.48 bits per heavy atom. The normalized spacial score (nSPS) is 17.8. The van der Waals surface area contributed by atoms with Crippen LogP contribution in [-0.2, 0) is 14.6 Å². The van der Waals surface area contributed by atoms with E-state index in [9.17, 15) is 13.2 Å². The van der Waals surface area contributed by atoms with Crippen LogP contribution in [-0.4, -0.2) is 30.3 Å². The molecule has 1 aromatic heterocycles. The topological polar surface area (TPSA) is 76.1 Å². The van der Waals surface area contributed by atoms with Gasteiger partial charge >= 0.3 is 0 Å². The lowest BCUT2D eigenvalue weighted by molar-refractivity contribution is -0.121. The van der Waals surface area contributed by atoms with Crippen molar-refractivity contribution < 1.29 is 13.2 Å². The fraction of sp³-hybridized carbons (Fsp3) is 0.714. The first-order chi connectivity index (χ1) is 9.88. The molecular formula is C14H22N2O3S2. The minimum atomic E-state index is -3.13. The van der Waals surface area contributed by atoms with Crippen molar-refractivity contribution in [2.75, 3.05) is 5.75 Å². The Hall–Kier alpha value is -0.950. The van der Waals surface area contributed by atoms with Crippen LogP contribution in [0.25, 0.3) is 0 Å². The van der Waals surface area contributed by atoms with Crippen molar-refractivity contribution in [2.24, 2.45) is 0 Å². The standard InChI is InChI=1S/C14H22N2O3S2/c1-10(13-9-20-11(2)16-13)15-14(17)7-8-21(18,19)12-5-3-4-6-12/h9-10,12H,3-8H2,1-2H3,(H,15,17)/t10-/m1/s1. The van der Waals surface area contributed by atoms with Crippen molar-refractivity contribution in [3.63, 3.8) is 0 Å². The van der Waals surface area contributed by atoms with Gasteiger partial charge in [-0.15, -0.1) is 11.3 Å². The first kappa shape index (κ1) is 16.4. The Morgan fingerprint density at radius 3 is 2.71 bits per heavy atom. The number of aromatic nitrogens is 1. The molecule has 1 aromatic rings. The van der Waals surface area contributed by atoms with E-state index in [0.29, 0.717) is 0 Å². The molecule has 7 heteroatoms. The van der Waals surface area contributed by atoms with Gasteiger partial charge in [-0.25, -0.2) is 13.4 Å². The summed E-state index contributed by atoms with van der Waals surface area (Å²) in [5, 5.41) is 5.45. The van der Waals surface area contributed by atoms with Gasteiger partial charge in [0.25, 0.3) is 0 Å². The molecule has 1 saturated carbocycles. The number of nitrogens with zero attached hydrogens (tertiary/aromatic N) is 1. The number of rotatable bonds is 6. The fourth-order valence-electron chi connectivity index (χ4n) is 2.62. The zero-order valence-electron chi connectivity index (χ0n) is 12.5. The number of hydrogen-bond acceptors (Lipinski definition) is 5.